The third-order valence-corrected chi connectivity index (χ3v) is 5.22. The molecule has 1 fully saturated rings. The van der Waals surface area contributed by atoms with Crippen LogP contribution in [0, 0.1) is 5.92 Å². The van der Waals surface area contributed by atoms with Crippen molar-refractivity contribution in [3.8, 4) is 5.69 Å². The lowest BCUT2D eigenvalue weighted by Gasteiger charge is -2.33. The minimum atomic E-state index is -0.0452. The number of carbonyl (C=O) groups is 1. The molecule has 0 saturated carbocycles. The summed E-state index contributed by atoms with van der Waals surface area (Å²) in [4.78, 5) is 27.5. The van der Waals surface area contributed by atoms with E-state index in [0.29, 0.717) is 6.54 Å². The first-order chi connectivity index (χ1) is 13.7. The molecule has 1 aliphatic heterocycles. The van der Waals surface area contributed by atoms with Crippen LogP contribution in [-0.4, -0.2) is 38.5 Å². The molecule has 0 spiro atoms. The maximum Gasteiger partial charge on any atom is 0.225 e. The van der Waals surface area contributed by atoms with Crippen LogP contribution in [0.5, 0.6) is 0 Å². The van der Waals surface area contributed by atoms with E-state index in [4.69, 9.17) is 0 Å². The Morgan fingerprint density at radius 2 is 2.04 bits per heavy atom. The van der Waals surface area contributed by atoms with Crippen LogP contribution < -0.4 is 10.2 Å². The summed E-state index contributed by atoms with van der Waals surface area (Å²) >= 11 is 0. The molecule has 144 valence electrons. The number of piperidine rings is 1. The van der Waals surface area contributed by atoms with Crippen LogP contribution in [0.1, 0.15) is 31.4 Å². The van der Waals surface area contributed by atoms with Crippen LogP contribution in [0.3, 0.4) is 0 Å². The summed E-state index contributed by atoms with van der Waals surface area (Å²) in [6.45, 7) is 3.61. The first-order valence-electron chi connectivity index (χ1n) is 9.60. The number of anilines is 1. The molecular weight excluding hydrogens is 352 g/mol. The molecule has 28 heavy (non-hydrogen) atoms. The van der Waals surface area contributed by atoms with Crippen molar-refractivity contribution in [1.82, 2.24) is 24.8 Å². The Morgan fingerprint density at radius 3 is 2.75 bits per heavy atom. The Hall–Kier alpha value is -3.22. The quantitative estimate of drug-likeness (QED) is 0.741. The third-order valence-electron chi connectivity index (χ3n) is 5.22. The fraction of sp³-hybridized carbons (Fsp3) is 0.333. The summed E-state index contributed by atoms with van der Waals surface area (Å²) in [5.74, 6) is 0.895. The molecule has 4 rings (SSSR count). The van der Waals surface area contributed by atoms with E-state index in [1.165, 1.54) is 0 Å². The molecule has 1 aliphatic rings. The molecule has 2 atom stereocenters. The fourth-order valence-corrected chi connectivity index (χ4v) is 3.62. The van der Waals surface area contributed by atoms with Crippen molar-refractivity contribution in [2.75, 3.05) is 18.0 Å². The van der Waals surface area contributed by atoms with Crippen molar-refractivity contribution in [2.45, 2.75) is 25.8 Å². The summed E-state index contributed by atoms with van der Waals surface area (Å²) in [6, 6.07) is 8.13. The summed E-state index contributed by atoms with van der Waals surface area (Å²) in [7, 11) is 0. The Kier molecular flexibility index (Phi) is 5.32. The largest absolute Gasteiger partial charge is 0.355 e. The Balaban J connectivity index is 1.37. The second-order valence-electron chi connectivity index (χ2n) is 7.14. The predicted octanol–water partition coefficient (Wildman–Crippen LogP) is 2.76. The minimum absolute atomic E-state index is 0.0385. The lowest BCUT2D eigenvalue weighted by atomic mass is 9.96. The Bertz CT molecular complexity index is 894. The van der Waals surface area contributed by atoms with Gasteiger partial charge in [0.25, 0.3) is 0 Å². The molecule has 1 amide bonds. The summed E-state index contributed by atoms with van der Waals surface area (Å²) in [5, 5.41) is 3.17. The van der Waals surface area contributed by atoms with Crippen LogP contribution in [0.2, 0.25) is 0 Å². The maximum absolute atomic E-state index is 12.8. The molecule has 1 aromatic carbocycles. The first kappa shape index (κ1) is 18.2. The number of imidazole rings is 1. The van der Waals surface area contributed by atoms with Crippen molar-refractivity contribution in [3.63, 3.8) is 0 Å². The van der Waals surface area contributed by atoms with E-state index in [2.05, 4.69) is 25.2 Å². The van der Waals surface area contributed by atoms with E-state index >= 15 is 0 Å². The van der Waals surface area contributed by atoms with Gasteiger partial charge in [-0.2, -0.15) is 0 Å². The lowest BCUT2D eigenvalue weighted by Crippen LogP contribution is -2.44. The first-order valence-corrected chi connectivity index (χ1v) is 9.60. The number of nitrogens with zero attached hydrogens (tertiary/aromatic N) is 5. The smallest absolute Gasteiger partial charge is 0.225 e. The normalized spacial score (nSPS) is 17.9. The molecule has 3 aromatic rings. The van der Waals surface area contributed by atoms with Gasteiger partial charge in [-0.15, -0.1) is 0 Å². The van der Waals surface area contributed by atoms with E-state index in [9.17, 15) is 4.79 Å². The molecule has 0 radical (unpaired) electrons. The van der Waals surface area contributed by atoms with E-state index < -0.39 is 0 Å². The number of hydrogen-bond donors (Lipinski definition) is 1. The van der Waals surface area contributed by atoms with Crippen LogP contribution >= 0.6 is 0 Å². The molecule has 1 N–H and O–H groups in total. The fourth-order valence-electron chi connectivity index (χ4n) is 3.62. The monoisotopic (exact) mass is 376 g/mol. The van der Waals surface area contributed by atoms with Crippen LogP contribution in [0.25, 0.3) is 5.69 Å². The van der Waals surface area contributed by atoms with Crippen LogP contribution in [-0.2, 0) is 4.79 Å². The number of hydrogen-bond acceptors (Lipinski definition) is 5. The van der Waals surface area contributed by atoms with E-state index in [0.717, 1.165) is 36.5 Å². The molecule has 7 heteroatoms. The molecule has 7 nitrogen and oxygen atoms in total. The van der Waals surface area contributed by atoms with E-state index in [1.807, 2.05) is 42.0 Å². The number of amides is 1. The molecule has 0 bridgehead atoms. The zero-order chi connectivity index (χ0) is 19.3. The van der Waals surface area contributed by atoms with Gasteiger partial charge in [0.05, 0.1) is 24.5 Å². The van der Waals surface area contributed by atoms with Crippen molar-refractivity contribution in [1.29, 1.82) is 0 Å². The van der Waals surface area contributed by atoms with Crippen molar-refractivity contribution in [3.05, 3.63) is 67.1 Å². The highest BCUT2D eigenvalue weighted by molar-refractivity contribution is 5.80. The minimum Gasteiger partial charge on any atom is -0.355 e. The maximum atomic E-state index is 12.8. The van der Waals surface area contributed by atoms with E-state index in [1.54, 1.807) is 31.1 Å². The average molecular weight is 376 g/mol. The van der Waals surface area contributed by atoms with Gasteiger partial charge in [0, 0.05) is 43.6 Å². The van der Waals surface area contributed by atoms with Gasteiger partial charge in [0.2, 0.25) is 5.91 Å². The van der Waals surface area contributed by atoms with Crippen molar-refractivity contribution in [2.24, 2.45) is 5.92 Å². The van der Waals surface area contributed by atoms with Gasteiger partial charge in [-0.25, -0.2) is 9.97 Å². The van der Waals surface area contributed by atoms with Gasteiger partial charge in [-0.05, 0) is 37.5 Å². The van der Waals surface area contributed by atoms with Crippen LogP contribution in [0.4, 0.5) is 5.82 Å². The standard InChI is InChI=1S/C21H24N6O/c1-16(17-4-6-19(7-5-17)27-12-10-23-15-27)25-21(28)18-3-2-11-26(14-18)20-13-22-8-9-24-20/h4-10,12-13,15-16,18H,2-3,11,14H2,1H3,(H,25,28)/t16-,18+/m1/s1. The average Bonchev–Trinajstić information content (AvgIpc) is 3.29. The second kappa shape index (κ2) is 8.21. The summed E-state index contributed by atoms with van der Waals surface area (Å²) < 4.78 is 1.95. The number of benzene rings is 1. The molecule has 0 unspecified atom stereocenters. The highest BCUT2D eigenvalue weighted by Gasteiger charge is 2.27. The second-order valence-corrected chi connectivity index (χ2v) is 7.14. The SMILES string of the molecule is C[C@@H](NC(=O)[C@H]1CCCN(c2cnccn2)C1)c1ccc(-n2ccnc2)cc1. The van der Waals surface area contributed by atoms with Gasteiger partial charge in [-0.1, -0.05) is 12.1 Å². The highest BCUT2D eigenvalue weighted by atomic mass is 16.2. The predicted molar refractivity (Wildman–Crippen MR) is 107 cm³/mol. The molecule has 3 heterocycles. The Labute approximate surface area is 164 Å². The van der Waals surface area contributed by atoms with Crippen molar-refractivity contribution >= 4 is 11.7 Å². The number of carbonyl (C=O) groups excluding carboxylic acids is 1. The van der Waals surface area contributed by atoms with Crippen molar-refractivity contribution < 1.29 is 4.79 Å². The molecule has 0 aliphatic carbocycles. The van der Waals surface area contributed by atoms with Gasteiger partial charge in [0.1, 0.15) is 5.82 Å². The van der Waals surface area contributed by atoms with Gasteiger partial charge >= 0.3 is 0 Å². The molecular formula is C21H24N6O. The zero-order valence-electron chi connectivity index (χ0n) is 15.9. The number of aromatic nitrogens is 4. The summed E-state index contributed by atoms with van der Waals surface area (Å²) in [6.07, 6.45) is 12.4. The molecule has 1 saturated heterocycles. The van der Waals surface area contributed by atoms with E-state index in [-0.39, 0.29) is 17.9 Å². The van der Waals surface area contributed by atoms with Gasteiger partial charge < -0.3 is 14.8 Å². The van der Waals surface area contributed by atoms with Gasteiger partial charge in [0.15, 0.2) is 0 Å². The number of nitrogens with one attached hydrogen (secondary N) is 1. The highest BCUT2D eigenvalue weighted by Crippen LogP contribution is 2.22. The Morgan fingerprint density at radius 1 is 1.18 bits per heavy atom. The topological polar surface area (TPSA) is 75.9 Å². The zero-order valence-corrected chi connectivity index (χ0v) is 15.9. The molecule has 2 aromatic heterocycles. The lowest BCUT2D eigenvalue weighted by molar-refractivity contribution is -0.125. The summed E-state index contributed by atoms with van der Waals surface area (Å²) in [5.41, 5.74) is 2.13. The third kappa shape index (κ3) is 4.03. The van der Waals surface area contributed by atoms with Gasteiger partial charge in [-0.3, -0.25) is 9.78 Å². The van der Waals surface area contributed by atoms with Crippen LogP contribution in [0.15, 0.2) is 61.6 Å². The number of rotatable bonds is 5.